The average Bonchev–Trinajstić information content (AvgIpc) is 2.67. The van der Waals surface area contributed by atoms with Gasteiger partial charge in [-0.2, -0.15) is 0 Å². The van der Waals surface area contributed by atoms with E-state index >= 15 is 0 Å². The molecule has 4 heteroatoms. The van der Waals surface area contributed by atoms with Gasteiger partial charge in [-0.05, 0) is 21.0 Å². The zero-order chi connectivity index (χ0) is 13.3. The zero-order valence-corrected chi connectivity index (χ0v) is 12.3. The first-order valence-electron chi connectivity index (χ1n) is 6.96. The highest BCUT2D eigenvalue weighted by molar-refractivity contribution is 5.22. The number of fused-ring (bicyclic) bond motifs is 1. The number of nitrogens with one attached hydrogen (secondary N) is 1. The van der Waals surface area contributed by atoms with Gasteiger partial charge in [0.05, 0.1) is 5.69 Å². The van der Waals surface area contributed by atoms with Gasteiger partial charge in [-0.3, -0.25) is 0 Å². The maximum absolute atomic E-state index is 4.86. The molecule has 102 valence electrons. The van der Waals surface area contributed by atoms with Crippen molar-refractivity contribution in [2.75, 3.05) is 27.2 Å². The van der Waals surface area contributed by atoms with E-state index in [0.717, 1.165) is 26.1 Å². The summed E-state index contributed by atoms with van der Waals surface area (Å²) in [6.45, 7) is 9.84. The molecule has 1 aliphatic rings. The van der Waals surface area contributed by atoms with Crippen LogP contribution >= 0.6 is 0 Å². The molecular formula is C14H26N4. The summed E-state index contributed by atoms with van der Waals surface area (Å²) in [7, 11) is 4.27. The molecule has 0 radical (unpaired) electrons. The van der Waals surface area contributed by atoms with Crippen LogP contribution in [0.3, 0.4) is 0 Å². The van der Waals surface area contributed by atoms with E-state index in [1.54, 1.807) is 0 Å². The van der Waals surface area contributed by atoms with Crippen molar-refractivity contribution in [2.24, 2.45) is 0 Å². The normalized spacial score (nSPS) is 17.3. The second kappa shape index (κ2) is 5.41. The molecule has 0 aromatic carbocycles. The molecule has 0 amide bonds. The first-order valence-corrected chi connectivity index (χ1v) is 6.96. The standard InChI is InChI=1S/C14H26N4/c1-10(2)14-16-12-8-15-7-6-13(12)18(14)11(3)9-17(4)5/h10-11,15H,6-9H2,1-5H3. The SMILES string of the molecule is CC(C)c1nc2c(n1C(C)CN(C)C)CCNC2. The summed E-state index contributed by atoms with van der Waals surface area (Å²) in [4.78, 5) is 7.11. The summed E-state index contributed by atoms with van der Waals surface area (Å²) in [5.74, 6) is 1.73. The molecular weight excluding hydrogens is 224 g/mol. The van der Waals surface area contributed by atoms with Gasteiger partial charge in [-0.15, -0.1) is 0 Å². The van der Waals surface area contributed by atoms with Crippen LogP contribution in [0.15, 0.2) is 0 Å². The molecule has 0 aliphatic carbocycles. The molecule has 1 aliphatic heterocycles. The molecule has 4 nitrogen and oxygen atoms in total. The Morgan fingerprint density at radius 2 is 2.06 bits per heavy atom. The summed E-state index contributed by atoms with van der Waals surface area (Å²) >= 11 is 0. The van der Waals surface area contributed by atoms with Crippen LogP contribution in [0.4, 0.5) is 0 Å². The van der Waals surface area contributed by atoms with Gasteiger partial charge < -0.3 is 14.8 Å². The van der Waals surface area contributed by atoms with E-state index in [2.05, 4.69) is 49.7 Å². The van der Waals surface area contributed by atoms with E-state index in [-0.39, 0.29) is 0 Å². The number of likely N-dealkylation sites (N-methyl/N-ethyl adjacent to an activating group) is 1. The molecule has 0 bridgehead atoms. The second-order valence-corrected chi connectivity index (χ2v) is 5.93. The second-order valence-electron chi connectivity index (χ2n) is 5.93. The Bertz CT molecular complexity index is 406. The lowest BCUT2D eigenvalue weighted by Gasteiger charge is -2.25. The van der Waals surface area contributed by atoms with Crippen LogP contribution in [0.25, 0.3) is 0 Å². The fourth-order valence-electron chi connectivity index (χ4n) is 2.86. The van der Waals surface area contributed by atoms with Crippen LogP contribution < -0.4 is 5.32 Å². The van der Waals surface area contributed by atoms with Crippen molar-refractivity contribution in [3.63, 3.8) is 0 Å². The molecule has 1 aromatic heterocycles. The predicted molar refractivity (Wildman–Crippen MR) is 75.0 cm³/mol. The summed E-state index contributed by atoms with van der Waals surface area (Å²) in [5, 5.41) is 3.41. The highest BCUT2D eigenvalue weighted by Crippen LogP contribution is 2.26. The maximum atomic E-state index is 4.86. The third kappa shape index (κ3) is 2.59. The largest absolute Gasteiger partial charge is 0.327 e. The van der Waals surface area contributed by atoms with Crippen LogP contribution in [0.5, 0.6) is 0 Å². The number of hydrogen-bond acceptors (Lipinski definition) is 3. The van der Waals surface area contributed by atoms with E-state index in [1.807, 2.05) is 0 Å². The molecule has 1 atom stereocenters. The van der Waals surface area contributed by atoms with Gasteiger partial charge in [0, 0.05) is 43.7 Å². The Balaban J connectivity index is 2.39. The van der Waals surface area contributed by atoms with Crippen molar-refractivity contribution < 1.29 is 0 Å². The van der Waals surface area contributed by atoms with Gasteiger partial charge in [0.15, 0.2) is 0 Å². The first-order chi connectivity index (χ1) is 8.50. The van der Waals surface area contributed by atoms with Crippen molar-refractivity contribution in [1.82, 2.24) is 19.8 Å². The lowest BCUT2D eigenvalue weighted by molar-refractivity contribution is 0.325. The highest BCUT2D eigenvalue weighted by Gasteiger charge is 2.24. The van der Waals surface area contributed by atoms with Crippen LogP contribution in [0.2, 0.25) is 0 Å². The Labute approximate surface area is 110 Å². The van der Waals surface area contributed by atoms with Crippen LogP contribution in [0, 0.1) is 0 Å². The molecule has 0 fully saturated rings. The van der Waals surface area contributed by atoms with E-state index in [4.69, 9.17) is 4.98 Å². The van der Waals surface area contributed by atoms with Gasteiger partial charge in [-0.25, -0.2) is 4.98 Å². The zero-order valence-electron chi connectivity index (χ0n) is 12.3. The minimum Gasteiger partial charge on any atom is -0.327 e. The van der Waals surface area contributed by atoms with Crippen LogP contribution in [-0.2, 0) is 13.0 Å². The summed E-state index contributed by atoms with van der Waals surface area (Å²) in [6, 6.07) is 0.492. The van der Waals surface area contributed by atoms with E-state index < -0.39 is 0 Å². The topological polar surface area (TPSA) is 33.1 Å². The molecule has 0 spiro atoms. The lowest BCUT2D eigenvalue weighted by atomic mass is 10.1. The van der Waals surface area contributed by atoms with E-state index in [9.17, 15) is 0 Å². The van der Waals surface area contributed by atoms with E-state index in [0.29, 0.717) is 12.0 Å². The molecule has 1 N–H and O–H groups in total. The smallest absolute Gasteiger partial charge is 0.112 e. The predicted octanol–water partition coefficient (Wildman–Crippen LogP) is 1.77. The summed E-state index contributed by atoms with van der Waals surface area (Å²) < 4.78 is 2.49. The molecule has 0 saturated carbocycles. The fourth-order valence-corrected chi connectivity index (χ4v) is 2.86. The van der Waals surface area contributed by atoms with Crippen molar-refractivity contribution in [3.05, 3.63) is 17.2 Å². The number of imidazole rings is 1. The van der Waals surface area contributed by atoms with Crippen molar-refractivity contribution in [3.8, 4) is 0 Å². The Kier molecular flexibility index (Phi) is 4.07. The lowest BCUT2D eigenvalue weighted by Crippen LogP contribution is -2.29. The third-order valence-electron chi connectivity index (χ3n) is 3.54. The Morgan fingerprint density at radius 1 is 1.33 bits per heavy atom. The minimum atomic E-state index is 0.486. The highest BCUT2D eigenvalue weighted by atomic mass is 15.2. The summed E-state index contributed by atoms with van der Waals surface area (Å²) in [6.07, 6.45) is 1.10. The molecule has 1 aromatic rings. The number of hydrogen-bond donors (Lipinski definition) is 1. The molecule has 1 unspecified atom stereocenters. The number of aromatic nitrogens is 2. The van der Waals surface area contributed by atoms with Gasteiger partial charge in [0.25, 0.3) is 0 Å². The summed E-state index contributed by atoms with van der Waals surface area (Å²) in [5.41, 5.74) is 2.71. The molecule has 0 saturated heterocycles. The average molecular weight is 250 g/mol. The van der Waals surface area contributed by atoms with Crippen molar-refractivity contribution >= 4 is 0 Å². The monoisotopic (exact) mass is 250 g/mol. The van der Waals surface area contributed by atoms with Crippen LogP contribution in [-0.4, -0.2) is 41.6 Å². The quantitative estimate of drug-likeness (QED) is 0.884. The van der Waals surface area contributed by atoms with Crippen LogP contribution in [0.1, 0.15) is 49.9 Å². The minimum absolute atomic E-state index is 0.486. The maximum Gasteiger partial charge on any atom is 0.112 e. The fraction of sp³-hybridized carbons (Fsp3) is 0.786. The van der Waals surface area contributed by atoms with Gasteiger partial charge in [0.1, 0.15) is 5.82 Å². The number of rotatable bonds is 4. The van der Waals surface area contributed by atoms with Gasteiger partial charge >= 0.3 is 0 Å². The van der Waals surface area contributed by atoms with Gasteiger partial charge in [-0.1, -0.05) is 13.8 Å². The van der Waals surface area contributed by atoms with Gasteiger partial charge in [0.2, 0.25) is 0 Å². The van der Waals surface area contributed by atoms with Crippen molar-refractivity contribution in [2.45, 2.75) is 45.7 Å². The van der Waals surface area contributed by atoms with Crippen molar-refractivity contribution in [1.29, 1.82) is 0 Å². The molecule has 2 rings (SSSR count). The first kappa shape index (κ1) is 13.6. The third-order valence-corrected chi connectivity index (χ3v) is 3.54. The Morgan fingerprint density at radius 3 is 2.67 bits per heavy atom. The Hall–Kier alpha value is -0.870. The van der Waals surface area contributed by atoms with E-state index in [1.165, 1.54) is 17.2 Å². The number of nitrogens with zero attached hydrogens (tertiary/aromatic N) is 3. The molecule has 18 heavy (non-hydrogen) atoms. The molecule has 2 heterocycles.